The average molecular weight is 386 g/mol. The van der Waals surface area contributed by atoms with Crippen molar-refractivity contribution in [3.8, 4) is 5.75 Å². The van der Waals surface area contributed by atoms with E-state index in [0.717, 1.165) is 24.8 Å². The lowest BCUT2D eigenvalue weighted by Crippen LogP contribution is -2.31. The third-order valence-electron chi connectivity index (χ3n) is 4.19. The van der Waals surface area contributed by atoms with Crippen molar-refractivity contribution in [3.05, 3.63) is 57.6 Å². The number of fused-ring (bicyclic) bond motifs is 1. The summed E-state index contributed by atoms with van der Waals surface area (Å²) < 4.78 is 33.4. The monoisotopic (exact) mass is 385 g/mol. The first-order valence-corrected chi connectivity index (χ1v) is 9.80. The van der Waals surface area contributed by atoms with Gasteiger partial charge in [0.15, 0.2) is 0 Å². The van der Waals surface area contributed by atoms with Crippen molar-refractivity contribution in [2.75, 3.05) is 7.11 Å². The maximum absolute atomic E-state index is 12.8. The zero-order valence-corrected chi connectivity index (χ0v) is 15.4. The highest BCUT2D eigenvalue weighted by Crippen LogP contribution is 2.38. The average Bonchev–Trinajstić information content (AvgIpc) is 2.57. The van der Waals surface area contributed by atoms with Gasteiger partial charge in [0.2, 0.25) is 10.0 Å². The minimum absolute atomic E-state index is 0.0346. The van der Waals surface area contributed by atoms with E-state index in [0.29, 0.717) is 5.75 Å². The maximum Gasteiger partial charge on any atom is 0.242 e. The third kappa shape index (κ3) is 3.26. The van der Waals surface area contributed by atoms with E-state index in [2.05, 4.69) is 4.72 Å². The molecule has 0 radical (unpaired) electrons. The van der Waals surface area contributed by atoms with E-state index < -0.39 is 10.0 Å². The van der Waals surface area contributed by atoms with Crippen molar-refractivity contribution in [1.29, 1.82) is 0 Å². The molecule has 1 atom stereocenters. The maximum atomic E-state index is 12.8. The van der Waals surface area contributed by atoms with Gasteiger partial charge >= 0.3 is 0 Å². The van der Waals surface area contributed by atoms with E-state index in [1.54, 1.807) is 0 Å². The van der Waals surface area contributed by atoms with Gasteiger partial charge in [0.05, 0.1) is 12.1 Å². The van der Waals surface area contributed by atoms with Gasteiger partial charge in [-0.3, -0.25) is 0 Å². The van der Waals surface area contributed by atoms with Crippen molar-refractivity contribution in [1.82, 2.24) is 4.72 Å². The number of hydrogen-bond donors (Lipinski definition) is 1. The van der Waals surface area contributed by atoms with E-state index in [1.165, 1.54) is 24.8 Å². The first-order valence-electron chi connectivity index (χ1n) is 7.56. The minimum Gasteiger partial charge on any atom is -0.495 e. The van der Waals surface area contributed by atoms with Crippen LogP contribution in [0.25, 0.3) is 0 Å². The SMILES string of the molecule is COc1ccc(S(=O)(=O)N[C@H]2CCCc3ccccc32)c(Cl)c1Cl. The van der Waals surface area contributed by atoms with Crippen LogP contribution in [0.15, 0.2) is 41.3 Å². The van der Waals surface area contributed by atoms with Crippen LogP contribution in [0.2, 0.25) is 10.0 Å². The number of ether oxygens (including phenoxy) is 1. The number of methoxy groups -OCH3 is 1. The van der Waals surface area contributed by atoms with Crippen LogP contribution in [0.1, 0.15) is 30.0 Å². The van der Waals surface area contributed by atoms with Crippen LogP contribution in [-0.4, -0.2) is 15.5 Å². The lowest BCUT2D eigenvalue weighted by atomic mass is 9.88. The van der Waals surface area contributed by atoms with E-state index in [9.17, 15) is 8.42 Å². The molecule has 2 aromatic rings. The molecule has 0 bridgehead atoms. The van der Waals surface area contributed by atoms with E-state index in [-0.39, 0.29) is 21.0 Å². The van der Waals surface area contributed by atoms with Gasteiger partial charge in [-0.25, -0.2) is 13.1 Å². The molecule has 1 N–H and O–H groups in total. The summed E-state index contributed by atoms with van der Waals surface area (Å²) in [4.78, 5) is -0.0435. The molecule has 1 aliphatic carbocycles. The van der Waals surface area contributed by atoms with E-state index >= 15 is 0 Å². The van der Waals surface area contributed by atoms with Gasteiger partial charge in [-0.05, 0) is 42.5 Å². The highest BCUT2D eigenvalue weighted by Gasteiger charge is 2.28. The van der Waals surface area contributed by atoms with Crippen LogP contribution in [-0.2, 0) is 16.4 Å². The van der Waals surface area contributed by atoms with Gasteiger partial charge in [0.25, 0.3) is 0 Å². The van der Waals surface area contributed by atoms with Crippen LogP contribution in [0, 0.1) is 0 Å². The third-order valence-corrected chi connectivity index (χ3v) is 6.68. The molecule has 0 saturated carbocycles. The number of sulfonamides is 1. The Labute approximate surface area is 151 Å². The Morgan fingerprint density at radius 1 is 1.12 bits per heavy atom. The standard InChI is InChI=1S/C17H17Cl2NO3S/c1-23-14-9-10-15(17(19)16(14)18)24(21,22)20-13-8-4-6-11-5-2-3-7-12(11)13/h2-3,5,7,9-10,13,20H,4,6,8H2,1H3/t13-/m0/s1. The van der Waals surface area contributed by atoms with Crippen molar-refractivity contribution < 1.29 is 13.2 Å². The first-order chi connectivity index (χ1) is 11.4. The first kappa shape index (κ1) is 17.5. The Bertz CT molecular complexity index is 868. The number of nitrogens with one attached hydrogen (secondary N) is 1. The molecule has 0 amide bonds. The zero-order valence-electron chi connectivity index (χ0n) is 13.1. The Hall–Kier alpha value is -1.27. The number of aryl methyl sites for hydroxylation is 1. The second-order valence-corrected chi connectivity index (χ2v) is 8.10. The summed E-state index contributed by atoms with van der Waals surface area (Å²) in [5.41, 5.74) is 2.19. The van der Waals surface area contributed by atoms with Crippen molar-refractivity contribution >= 4 is 33.2 Å². The fourth-order valence-electron chi connectivity index (χ4n) is 3.01. The molecule has 0 fully saturated rings. The highest BCUT2D eigenvalue weighted by atomic mass is 35.5. The smallest absolute Gasteiger partial charge is 0.242 e. The highest BCUT2D eigenvalue weighted by molar-refractivity contribution is 7.89. The molecule has 4 nitrogen and oxygen atoms in total. The summed E-state index contributed by atoms with van der Waals surface area (Å²) in [5, 5.41) is 0.0543. The van der Waals surface area contributed by atoms with Crippen LogP contribution in [0.5, 0.6) is 5.75 Å². The van der Waals surface area contributed by atoms with Gasteiger partial charge in [0, 0.05) is 6.04 Å². The molecule has 1 aliphatic rings. The van der Waals surface area contributed by atoms with Crippen LogP contribution in [0.3, 0.4) is 0 Å². The fraction of sp³-hybridized carbons (Fsp3) is 0.294. The Morgan fingerprint density at radius 2 is 1.88 bits per heavy atom. The predicted octanol–water partition coefficient (Wildman–Crippen LogP) is 4.36. The van der Waals surface area contributed by atoms with Crippen molar-refractivity contribution in [2.45, 2.75) is 30.2 Å². The predicted molar refractivity (Wildman–Crippen MR) is 95.5 cm³/mol. The lowest BCUT2D eigenvalue weighted by Gasteiger charge is -2.26. The molecular weight excluding hydrogens is 369 g/mol. The second-order valence-electron chi connectivity index (χ2n) is 5.66. The van der Waals surface area contributed by atoms with Crippen LogP contribution < -0.4 is 9.46 Å². The Morgan fingerprint density at radius 3 is 2.62 bits per heavy atom. The van der Waals surface area contributed by atoms with Gasteiger partial charge < -0.3 is 4.74 Å². The molecule has 3 rings (SSSR count). The summed E-state index contributed by atoms with van der Waals surface area (Å²) in [7, 11) is -2.36. The van der Waals surface area contributed by atoms with Crippen molar-refractivity contribution in [3.63, 3.8) is 0 Å². The molecule has 24 heavy (non-hydrogen) atoms. The molecule has 0 heterocycles. The molecule has 2 aromatic carbocycles. The van der Waals surface area contributed by atoms with Crippen LogP contribution >= 0.6 is 23.2 Å². The van der Waals surface area contributed by atoms with Gasteiger partial charge in [-0.1, -0.05) is 47.5 Å². The summed E-state index contributed by atoms with van der Waals surface area (Å²) in [6.45, 7) is 0. The molecule has 128 valence electrons. The summed E-state index contributed by atoms with van der Waals surface area (Å²) in [6, 6.07) is 10.5. The molecule has 0 saturated heterocycles. The van der Waals surface area contributed by atoms with Gasteiger partial charge in [-0.15, -0.1) is 0 Å². The second kappa shape index (κ2) is 6.92. The quantitative estimate of drug-likeness (QED) is 0.850. The van der Waals surface area contributed by atoms with Gasteiger partial charge in [-0.2, -0.15) is 0 Å². The Balaban J connectivity index is 1.95. The van der Waals surface area contributed by atoms with E-state index in [4.69, 9.17) is 27.9 Å². The molecule has 0 spiro atoms. The summed E-state index contributed by atoms with van der Waals surface area (Å²) in [6.07, 6.45) is 2.64. The lowest BCUT2D eigenvalue weighted by molar-refractivity contribution is 0.414. The normalized spacial score (nSPS) is 17.4. The van der Waals surface area contributed by atoms with E-state index in [1.807, 2.05) is 24.3 Å². The fourth-order valence-corrected chi connectivity index (χ4v) is 5.10. The number of benzene rings is 2. The van der Waals surface area contributed by atoms with Gasteiger partial charge in [0.1, 0.15) is 15.7 Å². The number of halogens is 2. The Kier molecular flexibility index (Phi) is 5.06. The summed E-state index contributed by atoms with van der Waals surface area (Å²) in [5.74, 6) is 0.337. The molecule has 7 heteroatoms. The summed E-state index contributed by atoms with van der Waals surface area (Å²) >= 11 is 12.2. The molecular formula is C17H17Cl2NO3S. The molecule has 0 aromatic heterocycles. The molecule has 0 unspecified atom stereocenters. The topological polar surface area (TPSA) is 55.4 Å². The van der Waals surface area contributed by atoms with Crippen LogP contribution in [0.4, 0.5) is 0 Å². The molecule has 0 aliphatic heterocycles. The van der Waals surface area contributed by atoms with Crippen molar-refractivity contribution in [2.24, 2.45) is 0 Å². The minimum atomic E-state index is -3.80. The zero-order chi connectivity index (χ0) is 17.3. The number of rotatable bonds is 4. The number of hydrogen-bond acceptors (Lipinski definition) is 3. The largest absolute Gasteiger partial charge is 0.495 e.